The van der Waals surface area contributed by atoms with E-state index in [-0.39, 0.29) is 61.2 Å². The van der Waals surface area contributed by atoms with Gasteiger partial charge in [0.1, 0.15) is 0 Å². The van der Waals surface area contributed by atoms with Crippen LogP contribution in [-0.2, 0) is 53.8 Å². The summed E-state index contributed by atoms with van der Waals surface area (Å²) in [6.45, 7) is 4.84. The van der Waals surface area contributed by atoms with E-state index in [0.717, 1.165) is 11.3 Å². The van der Waals surface area contributed by atoms with E-state index in [0.29, 0.717) is 0 Å². The van der Waals surface area contributed by atoms with Gasteiger partial charge in [0.25, 0.3) is 0 Å². The van der Waals surface area contributed by atoms with Gasteiger partial charge in [0.2, 0.25) is 0 Å². The van der Waals surface area contributed by atoms with Crippen molar-refractivity contribution in [2.24, 2.45) is 11.3 Å². The van der Waals surface area contributed by atoms with Crippen LogP contribution in [0.25, 0.3) is 0 Å². The largest absolute Gasteiger partial charge is 2.00 e. The SMILES string of the molecule is [CH2-]N1CC[C@]2(C[C@@H]2C)C1.[CH3-].[W+2].[Y]. The van der Waals surface area contributed by atoms with E-state index in [1.54, 1.807) is 0 Å². The third-order valence-corrected chi connectivity index (χ3v) is 3.06. The van der Waals surface area contributed by atoms with Crippen LogP contribution < -0.4 is 0 Å². The first-order valence-corrected chi connectivity index (χ1v) is 3.78. The fraction of sp³-hybridized carbons (Fsp3) is 0.778. The molecule has 2 atom stereocenters. The molecule has 12 heavy (non-hydrogen) atoms. The van der Waals surface area contributed by atoms with Gasteiger partial charge in [-0.1, -0.05) is 6.92 Å². The average molecular weight is 412 g/mol. The molecule has 0 aromatic carbocycles. The van der Waals surface area contributed by atoms with E-state index < -0.39 is 0 Å². The zero-order chi connectivity index (χ0) is 6.48. The Bertz CT molecular complexity index is 140. The molecule has 0 unspecified atom stereocenters. The minimum absolute atomic E-state index is 0. The molecule has 0 aromatic heterocycles. The molecule has 1 aliphatic carbocycles. The van der Waals surface area contributed by atoms with Gasteiger partial charge in [-0.2, -0.15) is 0 Å². The van der Waals surface area contributed by atoms with Crippen LogP contribution in [0.15, 0.2) is 0 Å². The van der Waals surface area contributed by atoms with Crippen molar-refractivity contribution in [3.05, 3.63) is 14.5 Å². The van der Waals surface area contributed by atoms with E-state index in [2.05, 4.69) is 18.9 Å². The predicted molar refractivity (Wildman–Crippen MR) is 44.2 cm³/mol. The molecule has 3 heteroatoms. The van der Waals surface area contributed by atoms with Gasteiger partial charge in [0.05, 0.1) is 0 Å². The van der Waals surface area contributed by atoms with Gasteiger partial charge < -0.3 is 12.3 Å². The molecular weight excluding hydrogens is 395 g/mol. The van der Waals surface area contributed by atoms with Gasteiger partial charge in [0.15, 0.2) is 0 Å². The molecule has 1 heterocycles. The molecule has 1 aliphatic heterocycles. The minimum atomic E-state index is 0. The Morgan fingerprint density at radius 2 is 2.00 bits per heavy atom. The zero-order valence-electron chi connectivity index (χ0n) is 8.05. The summed E-state index contributed by atoms with van der Waals surface area (Å²) in [4.78, 5) is 2.21. The van der Waals surface area contributed by atoms with Crippen LogP contribution in [0.4, 0.5) is 0 Å². The van der Waals surface area contributed by atoms with Crippen LogP contribution in [0.1, 0.15) is 19.8 Å². The smallest absolute Gasteiger partial charge is 0.459 e. The molecule has 0 amide bonds. The second kappa shape index (κ2) is 5.59. The maximum Gasteiger partial charge on any atom is 2.00 e. The van der Waals surface area contributed by atoms with Crippen LogP contribution in [0.3, 0.4) is 0 Å². The van der Waals surface area contributed by atoms with Crippen LogP contribution in [-0.4, -0.2) is 18.0 Å². The molecule has 1 spiro atoms. The van der Waals surface area contributed by atoms with Crippen molar-refractivity contribution in [2.75, 3.05) is 13.1 Å². The van der Waals surface area contributed by atoms with Crippen molar-refractivity contribution in [3.63, 3.8) is 0 Å². The minimum Gasteiger partial charge on any atom is -0.459 e. The van der Waals surface area contributed by atoms with Crippen molar-refractivity contribution >= 4 is 0 Å². The van der Waals surface area contributed by atoms with E-state index in [1.807, 2.05) is 0 Å². The standard InChI is InChI=1S/C8H14N.CH3.W.Y/c1-7-5-8(7)3-4-9(2)6-8;;;/h7H,2-6H2,1H3;1H3;;/q2*-1;+2;/t7-,8-;;;/m0.../s1. The molecule has 0 N–H and O–H groups in total. The summed E-state index contributed by atoms with van der Waals surface area (Å²) >= 11 is 0. The predicted octanol–water partition coefficient (Wildman–Crippen LogP) is 1.96. The summed E-state index contributed by atoms with van der Waals surface area (Å²) in [7, 11) is 3.94. The maximum absolute atomic E-state index is 3.94. The van der Waals surface area contributed by atoms with E-state index in [1.165, 1.54) is 25.9 Å². The Morgan fingerprint density at radius 3 is 2.17 bits per heavy atom. The molecule has 2 rings (SSSR count). The Kier molecular flexibility index (Phi) is 7.54. The second-order valence-electron chi connectivity index (χ2n) is 3.77. The van der Waals surface area contributed by atoms with Crippen molar-refractivity contribution in [3.8, 4) is 0 Å². The number of likely N-dealkylation sites (tertiary alicyclic amines) is 1. The monoisotopic (exact) mass is 412 g/mol. The summed E-state index contributed by atoms with van der Waals surface area (Å²) in [5.41, 5.74) is 0.738. The van der Waals surface area contributed by atoms with E-state index in [9.17, 15) is 0 Å². The van der Waals surface area contributed by atoms with Crippen molar-refractivity contribution in [1.82, 2.24) is 4.90 Å². The van der Waals surface area contributed by atoms with Gasteiger partial charge in [-0.05, 0) is 37.3 Å². The molecule has 1 saturated heterocycles. The van der Waals surface area contributed by atoms with Crippen molar-refractivity contribution in [2.45, 2.75) is 19.8 Å². The Hall–Kier alpha value is 1.75. The Balaban J connectivity index is 0. The third-order valence-electron chi connectivity index (χ3n) is 3.06. The summed E-state index contributed by atoms with van der Waals surface area (Å²) in [5.74, 6) is 0.990. The normalized spacial score (nSPS) is 38.0. The van der Waals surface area contributed by atoms with Gasteiger partial charge in [-0.25, -0.2) is 0 Å². The first kappa shape index (κ1) is 16.2. The maximum atomic E-state index is 3.94. The van der Waals surface area contributed by atoms with Crippen LogP contribution in [0, 0.1) is 25.8 Å². The molecule has 1 saturated carbocycles. The molecule has 0 aromatic rings. The molecular formula is C9H17NWY. The number of rotatable bonds is 0. The number of hydrogen-bond donors (Lipinski definition) is 0. The van der Waals surface area contributed by atoms with Crippen LogP contribution in [0.2, 0.25) is 0 Å². The second-order valence-corrected chi connectivity index (χ2v) is 3.77. The molecule has 67 valence electrons. The van der Waals surface area contributed by atoms with Crippen LogP contribution in [0.5, 0.6) is 0 Å². The quantitative estimate of drug-likeness (QED) is 0.551. The average Bonchev–Trinajstić information content (AvgIpc) is 2.17. The summed E-state index contributed by atoms with van der Waals surface area (Å²) in [5, 5.41) is 0. The third kappa shape index (κ3) is 2.87. The Morgan fingerprint density at radius 1 is 1.50 bits per heavy atom. The molecule has 1 radical (unpaired) electrons. The van der Waals surface area contributed by atoms with Crippen molar-refractivity contribution in [1.29, 1.82) is 0 Å². The Labute approximate surface area is 116 Å². The van der Waals surface area contributed by atoms with Gasteiger partial charge in [-0.15, -0.1) is 0 Å². The molecule has 2 aliphatic rings. The van der Waals surface area contributed by atoms with E-state index >= 15 is 0 Å². The van der Waals surface area contributed by atoms with Gasteiger partial charge in [0, 0.05) is 32.7 Å². The fourth-order valence-corrected chi connectivity index (χ4v) is 2.10. The summed E-state index contributed by atoms with van der Waals surface area (Å²) in [6, 6.07) is 0. The van der Waals surface area contributed by atoms with Crippen LogP contribution >= 0.6 is 0 Å². The topological polar surface area (TPSA) is 3.24 Å². The number of hydrogen-bond acceptors (Lipinski definition) is 1. The molecule has 0 bridgehead atoms. The summed E-state index contributed by atoms with van der Waals surface area (Å²) < 4.78 is 0. The number of nitrogens with zero attached hydrogens (tertiary/aromatic N) is 1. The molecule has 2 fully saturated rings. The van der Waals surface area contributed by atoms with E-state index in [4.69, 9.17) is 0 Å². The first-order chi connectivity index (χ1) is 4.23. The zero-order valence-corrected chi connectivity index (χ0v) is 13.8. The molecule has 1 nitrogen and oxygen atoms in total. The summed E-state index contributed by atoms with van der Waals surface area (Å²) in [6.07, 6.45) is 2.86. The first-order valence-electron chi connectivity index (χ1n) is 3.78. The van der Waals surface area contributed by atoms with Gasteiger partial charge >= 0.3 is 21.1 Å². The van der Waals surface area contributed by atoms with Crippen molar-refractivity contribution < 1.29 is 53.8 Å². The fourth-order valence-electron chi connectivity index (χ4n) is 2.10. The van der Waals surface area contributed by atoms with Gasteiger partial charge in [-0.3, -0.25) is 7.05 Å².